The normalized spacial score (nSPS) is 9.13. The highest BCUT2D eigenvalue weighted by atomic mass is 32.2. The summed E-state index contributed by atoms with van der Waals surface area (Å²) in [6, 6.07) is 7.68. The minimum absolute atomic E-state index is 0.782. The molecule has 0 aliphatic rings. The average molecular weight is 218 g/mol. The van der Waals surface area contributed by atoms with Gasteiger partial charge in [0.05, 0.1) is 0 Å². The van der Waals surface area contributed by atoms with Crippen LogP contribution < -0.4 is 0 Å². The first-order chi connectivity index (χ1) is 7.38. The van der Waals surface area contributed by atoms with Crippen molar-refractivity contribution < 1.29 is 4.79 Å². The Bertz CT molecular complexity index is 374. The Morgan fingerprint density at radius 1 is 1.40 bits per heavy atom. The molecule has 0 unspecified atom stereocenters. The van der Waals surface area contributed by atoms with E-state index >= 15 is 0 Å². The molecule has 15 heavy (non-hydrogen) atoms. The Morgan fingerprint density at radius 2 is 2.20 bits per heavy atom. The summed E-state index contributed by atoms with van der Waals surface area (Å²) in [5.74, 6) is 6.92. The van der Waals surface area contributed by atoms with E-state index in [1.165, 1.54) is 0 Å². The molecule has 0 aromatic heterocycles. The van der Waals surface area contributed by atoms with Gasteiger partial charge in [-0.25, -0.2) is 0 Å². The van der Waals surface area contributed by atoms with Crippen molar-refractivity contribution >= 4 is 18.0 Å². The van der Waals surface area contributed by atoms with Crippen LogP contribution in [0.25, 0.3) is 0 Å². The molecule has 0 amide bonds. The highest BCUT2D eigenvalue weighted by molar-refractivity contribution is 7.99. The van der Waals surface area contributed by atoms with Crippen molar-refractivity contribution in [1.82, 2.24) is 0 Å². The van der Waals surface area contributed by atoms with Gasteiger partial charge in [0.25, 0.3) is 0 Å². The Morgan fingerprint density at radius 3 is 2.93 bits per heavy atom. The van der Waals surface area contributed by atoms with Crippen molar-refractivity contribution in [2.75, 3.05) is 5.75 Å². The van der Waals surface area contributed by atoms with E-state index in [9.17, 15) is 4.79 Å². The summed E-state index contributed by atoms with van der Waals surface area (Å²) in [4.78, 5) is 11.8. The van der Waals surface area contributed by atoms with Gasteiger partial charge in [-0.3, -0.25) is 4.79 Å². The fourth-order valence-corrected chi connectivity index (χ4v) is 2.14. The third-order valence-corrected chi connectivity index (χ3v) is 3.10. The fraction of sp³-hybridized carbons (Fsp3) is 0.308. The van der Waals surface area contributed by atoms with Gasteiger partial charge < -0.3 is 0 Å². The topological polar surface area (TPSA) is 17.1 Å². The molecule has 0 aliphatic heterocycles. The lowest BCUT2D eigenvalue weighted by atomic mass is 10.2. The van der Waals surface area contributed by atoms with Crippen LogP contribution in [0.1, 0.15) is 30.1 Å². The Labute approximate surface area is 95.3 Å². The van der Waals surface area contributed by atoms with Gasteiger partial charge in [0, 0.05) is 16.9 Å². The standard InChI is InChI=1S/C13H14OS/c1-2-3-4-7-10-15-13-9-6-5-8-12(13)11-14/h5-6,8-9,11H,4,7,10H2,1H3. The quantitative estimate of drug-likeness (QED) is 0.326. The van der Waals surface area contributed by atoms with Crippen LogP contribution in [-0.2, 0) is 0 Å². The summed E-state index contributed by atoms with van der Waals surface area (Å²) in [5.41, 5.74) is 0.782. The molecule has 0 saturated heterocycles. The van der Waals surface area contributed by atoms with Crippen molar-refractivity contribution in [2.24, 2.45) is 0 Å². The Hall–Kier alpha value is -1.20. The molecule has 0 atom stereocenters. The van der Waals surface area contributed by atoms with Crippen LogP contribution in [0.5, 0.6) is 0 Å². The van der Waals surface area contributed by atoms with Crippen LogP contribution in [0.15, 0.2) is 29.2 Å². The van der Waals surface area contributed by atoms with Crippen molar-refractivity contribution in [3.05, 3.63) is 29.8 Å². The third kappa shape index (κ3) is 4.22. The number of rotatable bonds is 5. The van der Waals surface area contributed by atoms with E-state index in [4.69, 9.17) is 0 Å². The summed E-state index contributed by atoms with van der Waals surface area (Å²) in [7, 11) is 0. The van der Waals surface area contributed by atoms with Crippen molar-refractivity contribution in [2.45, 2.75) is 24.7 Å². The van der Waals surface area contributed by atoms with E-state index in [2.05, 4.69) is 11.8 Å². The molecule has 1 nitrogen and oxygen atoms in total. The van der Waals surface area contributed by atoms with E-state index in [0.717, 1.165) is 35.3 Å². The number of carbonyl (C=O) groups excluding carboxylic acids is 1. The van der Waals surface area contributed by atoms with Gasteiger partial charge in [0.2, 0.25) is 0 Å². The molecule has 2 heteroatoms. The molecule has 0 radical (unpaired) electrons. The summed E-state index contributed by atoms with van der Waals surface area (Å²) in [5, 5.41) is 0. The molecule has 0 N–H and O–H groups in total. The van der Waals surface area contributed by atoms with Crippen LogP contribution in [0, 0.1) is 11.8 Å². The van der Waals surface area contributed by atoms with Crippen molar-refractivity contribution in [3.63, 3.8) is 0 Å². The number of hydrogen-bond acceptors (Lipinski definition) is 2. The van der Waals surface area contributed by atoms with Gasteiger partial charge in [-0.2, -0.15) is 0 Å². The summed E-state index contributed by atoms with van der Waals surface area (Å²) in [6.45, 7) is 1.86. The predicted octanol–water partition coefficient (Wildman–Crippen LogP) is 3.39. The highest BCUT2D eigenvalue weighted by Crippen LogP contribution is 2.22. The second kappa shape index (κ2) is 7.14. The lowest BCUT2D eigenvalue weighted by Crippen LogP contribution is -1.86. The summed E-state index contributed by atoms with van der Waals surface area (Å²) < 4.78 is 0. The van der Waals surface area contributed by atoms with Crippen LogP contribution >= 0.6 is 11.8 Å². The van der Waals surface area contributed by atoms with E-state index in [1.807, 2.05) is 31.2 Å². The molecule has 1 aromatic carbocycles. The van der Waals surface area contributed by atoms with Gasteiger partial charge in [-0.15, -0.1) is 23.6 Å². The summed E-state index contributed by atoms with van der Waals surface area (Å²) >= 11 is 1.72. The van der Waals surface area contributed by atoms with E-state index < -0.39 is 0 Å². The smallest absolute Gasteiger partial charge is 0.151 e. The number of thioether (sulfide) groups is 1. The first kappa shape index (κ1) is 11.9. The second-order valence-electron chi connectivity index (χ2n) is 3.03. The van der Waals surface area contributed by atoms with Gasteiger partial charge in [-0.05, 0) is 25.2 Å². The first-order valence-electron chi connectivity index (χ1n) is 4.95. The maximum absolute atomic E-state index is 10.7. The molecule has 0 heterocycles. The van der Waals surface area contributed by atoms with Crippen LogP contribution in [0.2, 0.25) is 0 Å². The predicted molar refractivity (Wildman–Crippen MR) is 65.2 cm³/mol. The van der Waals surface area contributed by atoms with Gasteiger partial charge in [-0.1, -0.05) is 18.2 Å². The fourth-order valence-electron chi connectivity index (χ4n) is 1.18. The van der Waals surface area contributed by atoms with Gasteiger partial charge in [0.1, 0.15) is 0 Å². The number of aldehydes is 1. The zero-order valence-electron chi connectivity index (χ0n) is 8.82. The Balaban J connectivity index is 2.42. The monoisotopic (exact) mass is 218 g/mol. The van der Waals surface area contributed by atoms with Crippen LogP contribution in [0.4, 0.5) is 0 Å². The lowest BCUT2D eigenvalue weighted by molar-refractivity contribution is 0.112. The van der Waals surface area contributed by atoms with Crippen LogP contribution in [0.3, 0.4) is 0 Å². The molecule has 0 saturated carbocycles. The summed E-state index contributed by atoms with van der Waals surface area (Å²) in [6.07, 6.45) is 2.92. The molecular formula is C13H14OS. The molecule has 0 bridgehead atoms. The van der Waals surface area contributed by atoms with Crippen molar-refractivity contribution in [1.29, 1.82) is 0 Å². The van der Waals surface area contributed by atoms with E-state index in [0.29, 0.717) is 0 Å². The largest absolute Gasteiger partial charge is 0.298 e. The average Bonchev–Trinajstić information content (AvgIpc) is 2.29. The van der Waals surface area contributed by atoms with Gasteiger partial charge in [0.15, 0.2) is 6.29 Å². The molecule has 0 aliphatic carbocycles. The minimum atomic E-state index is 0.782. The molecule has 0 spiro atoms. The van der Waals surface area contributed by atoms with Crippen molar-refractivity contribution in [3.8, 4) is 11.8 Å². The first-order valence-corrected chi connectivity index (χ1v) is 5.93. The SMILES string of the molecule is CC#CCCCSc1ccccc1C=O. The van der Waals surface area contributed by atoms with E-state index in [-0.39, 0.29) is 0 Å². The zero-order valence-corrected chi connectivity index (χ0v) is 9.64. The maximum atomic E-state index is 10.7. The molecular weight excluding hydrogens is 204 g/mol. The zero-order chi connectivity index (χ0) is 10.9. The molecule has 1 aromatic rings. The maximum Gasteiger partial charge on any atom is 0.151 e. The minimum Gasteiger partial charge on any atom is -0.298 e. The molecule has 1 rings (SSSR count). The third-order valence-electron chi connectivity index (χ3n) is 1.93. The number of carbonyl (C=O) groups is 1. The number of unbranched alkanes of at least 4 members (excludes halogenated alkanes) is 1. The lowest BCUT2D eigenvalue weighted by Gasteiger charge is -2.02. The van der Waals surface area contributed by atoms with Crippen LogP contribution in [-0.4, -0.2) is 12.0 Å². The number of hydrogen-bond donors (Lipinski definition) is 0. The Kier molecular flexibility index (Phi) is 5.65. The molecule has 0 fully saturated rings. The number of benzene rings is 1. The highest BCUT2D eigenvalue weighted by Gasteiger charge is 1.99. The second-order valence-corrected chi connectivity index (χ2v) is 4.17. The van der Waals surface area contributed by atoms with Gasteiger partial charge >= 0.3 is 0 Å². The van der Waals surface area contributed by atoms with E-state index in [1.54, 1.807) is 11.8 Å². The molecule has 78 valence electrons.